The van der Waals surface area contributed by atoms with Crippen LogP contribution in [0.15, 0.2) is 29.2 Å². The van der Waals surface area contributed by atoms with Gasteiger partial charge in [0.05, 0.1) is 16.5 Å². The lowest BCUT2D eigenvalue weighted by Crippen LogP contribution is -2.47. The summed E-state index contributed by atoms with van der Waals surface area (Å²) in [6, 6.07) is 8.13. The second-order valence-corrected chi connectivity index (χ2v) is 8.83. The molecule has 7 heteroatoms. The molecule has 0 radical (unpaired) electrons. The van der Waals surface area contributed by atoms with Gasteiger partial charge in [0, 0.05) is 31.7 Å². The molecule has 3 rings (SSSR count). The quantitative estimate of drug-likeness (QED) is 0.832. The zero-order chi connectivity index (χ0) is 17.8. The minimum absolute atomic E-state index is 0.0809. The van der Waals surface area contributed by atoms with Crippen molar-refractivity contribution in [3.63, 3.8) is 0 Å². The lowest BCUT2D eigenvalue weighted by Gasteiger charge is -2.40. The molecular weight excluding hydrogens is 338 g/mol. The molecule has 1 N–H and O–H groups in total. The predicted octanol–water partition coefficient (Wildman–Crippen LogP) is 1.73. The normalized spacial score (nSPS) is 21.1. The Morgan fingerprint density at radius 2 is 1.96 bits per heavy atom. The van der Waals surface area contributed by atoms with Gasteiger partial charge in [-0.2, -0.15) is 5.26 Å². The largest absolute Gasteiger partial charge is 0.381 e. The summed E-state index contributed by atoms with van der Waals surface area (Å²) in [7, 11) is -3.62. The number of hydrogen-bond donors (Lipinski definition) is 1. The highest BCUT2D eigenvalue weighted by Gasteiger charge is 2.36. The van der Waals surface area contributed by atoms with Crippen molar-refractivity contribution in [3.05, 3.63) is 29.8 Å². The minimum atomic E-state index is -3.62. The summed E-state index contributed by atoms with van der Waals surface area (Å²) in [4.78, 5) is 2.59. The number of hydrogen-bond acceptors (Lipinski definition) is 5. The molecule has 0 unspecified atom stereocenters. The van der Waals surface area contributed by atoms with Crippen LogP contribution in [0.3, 0.4) is 0 Å². The fourth-order valence-corrected chi connectivity index (χ4v) is 4.88. The summed E-state index contributed by atoms with van der Waals surface area (Å²) in [6.45, 7) is 4.88. The van der Waals surface area contributed by atoms with Crippen LogP contribution in [0, 0.1) is 16.7 Å². The summed E-state index contributed by atoms with van der Waals surface area (Å²) < 4.78 is 33.6. The number of nitriles is 1. The molecule has 2 saturated heterocycles. The third-order valence-electron chi connectivity index (χ3n) is 5.22. The van der Waals surface area contributed by atoms with Gasteiger partial charge < -0.3 is 9.64 Å². The molecule has 2 aliphatic heterocycles. The van der Waals surface area contributed by atoms with Crippen LogP contribution in [-0.2, 0) is 14.8 Å². The van der Waals surface area contributed by atoms with Gasteiger partial charge in [-0.25, -0.2) is 13.1 Å². The molecule has 1 aromatic rings. The minimum Gasteiger partial charge on any atom is -0.381 e. The molecular formula is C18H25N3O3S. The standard InChI is InChI=1S/C18H25N3O3S/c19-13-16-4-3-5-17(12-16)25(22,23)20-14-18(6-10-24-11-7-18)15-21-8-1-2-9-21/h3-5,12,20H,1-2,6-11,14-15H2. The van der Waals surface area contributed by atoms with Crippen molar-refractivity contribution in [2.75, 3.05) is 39.4 Å². The molecule has 0 aliphatic carbocycles. The Balaban J connectivity index is 1.72. The fourth-order valence-electron chi connectivity index (χ4n) is 3.67. The second kappa shape index (κ2) is 7.83. The van der Waals surface area contributed by atoms with Crippen molar-refractivity contribution in [2.24, 2.45) is 5.41 Å². The van der Waals surface area contributed by atoms with Crippen LogP contribution in [0.2, 0.25) is 0 Å². The Kier molecular flexibility index (Phi) is 5.74. The molecule has 0 atom stereocenters. The van der Waals surface area contributed by atoms with Crippen molar-refractivity contribution >= 4 is 10.0 Å². The first kappa shape index (κ1) is 18.3. The molecule has 0 amide bonds. The molecule has 1 aromatic carbocycles. The number of sulfonamides is 1. The summed E-state index contributed by atoms with van der Waals surface area (Å²) in [5.41, 5.74) is 0.267. The van der Waals surface area contributed by atoms with Crippen molar-refractivity contribution < 1.29 is 13.2 Å². The van der Waals surface area contributed by atoms with E-state index in [1.165, 1.54) is 25.0 Å². The van der Waals surface area contributed by atoms with E-state index >= 15 is 0 Å². The maximum absolute atomic E-state index is 12.7. The predicted molar refractivity (Wildman–Crippen MR) is 94.5 cm³/mol. The fraction of sp³-hybridized carbons (Fsp3) is 0.611. The van der Waals surface area contributed by atoms with Crippen LogP contribution in [0.4, 0.5) is 0 Å². The molecule has 2 heterocycles. The SMILES string of the molecule is N#Cc1cccc(S(=O)(=O)NCC2(CN3CCCC3)CCOCC2)c1. The zero-order valence-corrected chi connectivity index (χ0v) is 15.2. The van der Waals surface area contributed by atoms with E-state index in [1.807, 2.05) is 6.07 Å². The van der Waals surface area contributed by atoms with Crippen LogP contribution in [0.5, 0.6) is 0 Å². The third kappa shape index (κ3) is 4.59. The molecule has 6 nitrogen and oxygen atoms in total. The van der Waals surface area contributed by atoms with Crippen molar-refractivity contribution in [1.82, 2.24) is 9.62 Å². The van der Waals surface area contributed by atoms with Crippen molar-refractivity contribution in [3.8, 4) is 6.07 Å². The zero-order valence-electron chi connectivity index (χ0n) is 14.4. The number of benzene rings is 1. The number of nitrogens with zero attached hydrogens (tertiary/aromatic N) is 2. The first-order valence-corrected chi connectivity index (χ1v) is 10.3. The number of nitrogens with one attached hydrogen (secondary N) is 1. The molecule has 0 aromatic heterocycles. The van der Waals surface area contributed by atoms with Crippen LogP contribution in [-0.4, -0.2) is 52.7 Å². The lowest BCUT2D eigenvalue weighted by molar-refractivity contribution is 0.00157. The van der Waals surface area contributed by atoms with E-state index in [9.17, 15) is 8.42 Å². The first-order chi connectivity index (χ1) is 12.0. The Labute approximate surface area is 149 Å². The van der Waals surface area contributed by atoms with E-state index in [0.29, 0.717) is 25.3 Å². The summed E-state index contributed by atoms with van der Waals surface area (Å²) in [5.74, 6) is 0. The molecule has 2 aliphatic rings. The Hall–Kier alpha value is -1.46. The number of likely N-dealkylation sites (tertiary alicyclic amines) is 1. The first-order valence-electron chi connectivity index (χ1n) is 8.83. The summed E-state index contributed by atoms with van der Waals surface area (Å²) in [5, 5.41) is 8.98. The smallest absolute Gasteiger partial charge is 0.240 e. The van der Waals surface area contributed by atoms with E-state index < -0.39 is 10.0 Å². The highest BCUT2D eigenvalue weighted by atomic mass is 32.2. The number of rotatable bonds is 6. The maximum atomic E-state index is 12.7. The van der Waals surface area contributed by atoms with Gasteiger partial charge in [-0.15, -0.1) is 0 Å². The van der Waals surface area contributed by atoms with Gasteiger partial charge in [0.2, 0.25) is 10.0 Å². The summed E-state index contributed by atoms with van der Waals surface area (Å²) in [6.07, 6.45) is 4.17. The van der Waals surface area contributed by atoms with Gasteiger partial charge in [-0.05, 0) is 57.0 Å². The Bertz CT molecular complexity index is 730. The van der Waals surface area contributed by atoms with Gasteiger partial charge in [0.1, 0.15) is 0 Å². The van der Waals surface area contributed by atoms with Crippen LogP contribution < -0.4 is 4.72 Å². The molecule has 25 heavy (non-hydrogen) atoms. The van der Waals surface area contributed by atoms with Gasteiger partial charge in [0.25, 0.3) is 0 Å². The molecule has 136 valence electrons. The van der Waals surface area contributed by atoms with Crippen LogP contribution in [0.25, 0.3) is 0 Å². The highest BCUT2D eigenvalue weighted by Crippen LogP contribution is 2.32. The maximum Gasteiger partial charge on any atom is 0.240 e. The van der Waals surface area contributed by atoms with Crippen molar-refractivity contribution in [2.45, 2.75) is 30.6 Å². The van der Waals surface area contributed by atoms with E-state index in [-0.39, 0.29) is 10.3 Å². The number of ether oxygens (including phenoxy) is 1. The monoisotopic (exact) mass is 363 g/mol. The average molecular weight is 363 g/mol. The Morgan fingerprint density at radius 1 is 1.24 bits per heavy atom. The van der Waals surface area contributed by atoms with Crippen LogP contribution >= 0.6 is 0 Å². The van der Waals surface area contributed by atoms with E-state index in [4.69, 9.17) is 10.00 Å². The van der Waals surface area contributed by atoms with Gasteiger partial charge in [-0.1, -0.05) is 6.07 Å². The van der Waals surface area contributed by atoms with Crippen LogP contribution in [0.1, 0.15) is 31.2 Å². The lowest BCUT2D eigenvalue weighted by atomic mass is 9.80. The highest BCUT2D eigenvalue weighted by molar-refractivity contribution is 7.89. The van der Waals surface area contributed by atoms with Gasteiger partial charge in [-0.3, -0.25) is 0 Å². The van der Waals surface area contributed by atoms with Crippen molar-refractivity contribution in [1.29, 1.82) is 5.26 Å². The van der Waals surface area contributed by atoms with E-state index in [2.05, 4.69) is 9.62 Å². The average Bonchev–Trinajstić information content (AvgIpc) is 3.14. The molecule has 0 bridgehead atoms. The topological polar surface area (TPSA) is 82.4 Å². The van der Waals surface area contributed by atoms with E-state index in [0.717, 1.165) is 32.5 Å². The summed E-state index contributed by atoms with van der Waals surface area (Å²) >= 11 is 0. The second-order valence-electron chi connectivity index (χ2n) is 7.06. The Morgan fingerprint density at radius 3 is 2.64 bits per heavy atom. The molecule has 0 saturated carbocycles. The van der Waals surface area contributed by atoms with Gasteiger partial charge >= 0.3 is 0 Å². The third-order valence-corrected chi connectivity index (χ3v) is 6.62. The molecule has 2 fully saturated rings. The molecule has 0 spiro atoms. The van der Waals surface area contributed by atoms with Gasteiger partial charge in [0.15, 0.2) is 0 Å². The van der Waals surface area contributed by atoms with E-state index in [1.54, 1.807) is 12.1 Å².